The molecule has 0 spiro atoms. The number of carbonyl (C=O) groups is 2. The van der Waals surface area contributed by atoms with Crippen molar-refractivity contribution >= 4 is 23.2 Å². The molecular formula is C25H18F2N4O2. The second-order valence-corrected chi connectivity index (χ2v) is 7.05. The van der Waals surface area contributed by atoms with Crippen molar-refractivity contribution in [1.82, 2.24) is 9.97 Å². The lowest BCUT2D eigenvalue weighted by molar-refractivity contribution is -0.117. The molecule has 6 nitrogen and oxygen atoms in total. The summed E-state index contributed by atoms with van der Waals surface area (Å²) in [5, 5.41) is 2.73. The number of halogens is 2. The van der Waals surface area contributed by atoms with Crippen molar-refractivity contribution < 1.29 is 18.4 Å². The van der Waals surface area contributed by atoms with Crippen molar-refractivity contribution in [2.45, 2.75) is 6.04 Å². The zero-order valence-corrected chi connectivity index (χ0v) is 17.2. The van der Waals surface area contributed by atoms with Gasteiger partial charge in [-0.1, -0.05) is 30.3 Å². The van der Waals surface area contributed by atoms with E-state index in [0.717, 1.165) is 0 Å². The average Bonchev–Trinajstić information content (AvgIpc) is 2.85. The molecule has 0 radical (unpaired) electrons. The van der Waals surface area contributed by atoms with Crippen LogP contribution in [0, 0.1) is 11.6 Å². The normalized spacial score (nSPS) is 11.5. The van der Waals surface area contributed by atoms with Gasteiger partial charge in [0, 0.05) is 23.8 Å². The maximum Gasteiger partial charge on any atom is 0.279 e. The van der Waals surface area contributed by atoms with Gasteiger partial charge in [-0.2, -0.15) is 0 Å². The zero-order chi connectivity index (χ0) is 23.2. The molecule has 1 aromatic heterocycles. The lowest BCUT2D eigenvalue weighted by Gasteiger charge is -2.31. The van der Waals surface area contributed by atoms with Gasteiger partial charge in [0.2, 0.25) is 0 Å². The number of anilines is 2. The zero-order valence-electron chi connectivity index (χ0n) is 17.2. The fourth-order valence-corrected chi connectivity index (χ4v) is 3.32. The first-order valence-electron chi connectivity index (χ1n) is 9.99. The number of carbonyl (C=O) groups excluding carboxylic acids is 2. The minimum atomic E-state index is -1.14. The van der Waals surface area contributed by atoms with Gasteiger partial charge in [-0.05, 0) is 54.1 Å². The summed E-state index contributed by atoms with van der Waals surface area (Å²) in [6.45, 7) is 0. The second kappa shape index (κ2) is 9.78. The fourth-order valence-electron chi connectivity index (χ4n) is 3.32. The smallest absolute Gasteiger partial charge is 0.279 e. The Morgan fingerprint density at radius 2 is 1.45 bits per heavy atom. The summed E-state index contributed by atoms with van der Waals surface area (Å²) in [4.78, 5) is 36.3. The summed E-state index contributed by atoms with van der Waals surface area (Å²) in [7, 11) is 0. The largest absolute Gasteiger partial charge is 0.324 e. The van der Waals surface area contributed by atoms with Gasteiger partial charge in [-0.15, -0.1) is 0 Å². The minimum absolute atomic E-state index is 0.0114. The van der Waals surface area contributed by atoms with Gasteiger partial charge in [0.15, 0.2) is 0 Å². The first-order chi connectivity index (χ1) is 16.0. The third-order valence-electron chi connectivity index (χ3n) is 4.84. The van der Waals surface area contributed by atoms with E-state index in [1.165, 1.54) is 72.0 Å². The van der Waals surface area contributed by atoms with Crippen LogP contribution in [0.15, 0.2) is 97.5 Å². The van der Waals surface area contributed by atoms with E-state index < -0.39 is 29.5 Å². The van der Waals surface area contributed by atoms with Crippen molar-refractivity contribution in [3.05, 3.63) is 120 Å². The molecule has 0 aliphatic carbocycles. The van der Waals surface area contributed by atoms with E-state index in [2.05, 4.69) is 15.3 Å². The molecule has 8 heteroatoms. The lowest BCUT2D eigenvalue weighted by Crippen LogP contribution is -2.42. The molecule has 0 aliphatic rings. The summed E-state index contributed by atoms with van der Waals surface area (Å²) in [5.74, 6) is -2.08. The molecular weight excluding hydrogens is 426 g/mol. The van der Waals surface area contributed by atoms with Crippen molar-refractivity contribution in [2.24, 2.45) is 0 Å². The van der Waals surface area contributed by atoms with Crippen LogP contribution in [-0.4, -0.2) is 21.8 Å². The summed E-state index contributed by atoms with van der Waals surface area (Å²) in [6.07, 6.45) is 4.08. The Labute approximate surface area is 188 Å². The topological polar surface area (TPSA) is 75.2 Å². The van der Waals surface area contributed by atoms with E-state index in [4.69, 9.17) is 0 Å². The molecule has 4 rings (SSSR count). The van der Waals surface area contributed by atoms with Crippen molar-refractivity contribution in [2.75, 3.05) is 10.2 Å². The van der Waals surface area contributed by atoms with E-state index in [1.807, 2.05) is 0 Å². The maximum absolute atomic E-state index is 13.6. The molecule has 0 saturated carbocycles. The highest BCUT2D eigenvalue weighted by atomic mass is 19.1. The Bertz CT molecular complexity index is 1240. The van der Waals surface area contributed by atoms with E-state index in [9.17, 15) is 18.4 Å². The second-order valence-electron chi connectivity index (χ2n) is 7.05. The first-order valence-corrected chi connectivity index (χ1v) is 9.99. The van der Waals surface area contributed by atoms with Crippen molar-refractivity contribution in [1.29, 1.82) is 0 Å². The highest BCUT2D eigenvalue weighted by Gasteiger charge is 2.34. The lowest BCUT2D eigenvalue weighted by atomic mass is 10.0. The molecule has 0 fully saturated rings. The van der Waals surface area contributed by atoms with Crippen LogP contribution in [0.1, 0.15) is 22.1 Å². The highest BCUT2D eigenvalue weighted by molar-refractivity contribution is 6.11. The van der Waals surface area contributed by atoms with Crippen LogP contribution in [-0.2, 0) is 4.79 Å². The minimum Gasteiger partial charge on any atom is -0.324 e. The number of amides is 2. The first kappa shape index (κ1) is 21.8. The molecule has 2 amide bonds. The molecule has 33 heavy (non-hydrogen) atoms. The number of rotatable bonds is 6. The van der Waals surface area contributed by atoms with Gasteiger partial charge < -0.3 is 5.32 Å². The fraction of sp³-hybridized carbons (Fsp3) is 0.0400. The third kappa shape index (κ3) is 5.07. The molecule has 0 saturated heterocycles. The molecule has 1 N–H and O–H groups in total. The quantitative estimate of drug-likeness (QED) is 0.464. The van der Waals surface area contributed by atoms with Gasteiger partial charge in [0.1, 0.15) is 23.4 Å². The number of benzene rings is 3. The molecule has 3 aromatic carbocycles. The predicted molar refractivity (Wildman–Crippen MR) is 119 cm³/mol. The molecule has 164 valence electrons. The van der Waals surface area contributed by atoms with Crippen LogP contribution in [0.4, 0.5) is 20.2 Å². The average molecular weight is 444 g/mol. The number of aromatic nitrogens is 2. The molecule has 0 bridgehead atoms. The van der Waals surface area contributed by atoms with E-state index in [-0.39, 0.29) is 11.4 Å². The van der Waals surface area contributed by atoms with Crippen LogP contribution >= 0.6 is 0 Å². The molecule has 0 aliphatic heterocycles. The summed E-state index contributed by atoms with van der Waals surface area (Å²) >= 11 is 0. The van der Waals surface area contributed by atoms with Gasteiger partial charge >= 0.3 is 0 Å². The molecule has 1 atom stereocenters. The van der Waals surface area contributed by atoms with Gasteiger partial charge in [-0.25, -0.2) is 13.8 Å². The maximum atomic E-state index is 13.6. The molecule has 4 aromatic rings. The molecule has 1 heterocycles. The SMILES string of the molecule is O=C(Nc1ccc(F)cc1)[C@@H](c1ccccc1)N(C(=O)c1cnccn1)c1ccc(F)cc1. The van der Waals surface area contributed by atoms with Crippen molar-refractivity contribution in [3.63, 3.8) is 0 Å². The summed E-state index contributed by atoms with van der Waals surface area (Å²) in [5.41, 5.74) is 1.17. The van der Waals surface area contributed by atoms with E-state index in [1.54, 1.807) is 30.3 Å². The van der Waals surface area contributed by atoms with Crippen molar-refractivity contribution in [3.8, 4) is 0 Å². The summed E-state index contributed by atoms with van der Waals surface area (Å²) < 4.78 is 27.0. The number of nitrogens with zero attached hydrogens (tertiary/aromatic N) is 3. The Hall–Kier alpha value is -4.46. The number of hydrogen-bond donors (Lipinski definition) is 1. The standard InChI is InChI=1S/C25H18F2N4O2/c26-18-6-10-20(11-7-18)30-24(32)23(17-4-2-1-3-5-17)31(21-12-8-19(27)9-13-21)25(33)22-16-28-14-15-29-22/h1-16,23H,(H,30,32)/t23-/m1/s1. The summed E-state index contributed by atoms with van der Waals surface area (Å²) in [6, 6.07) is 18.0. The third-order valence-corrected chi connectivity index (χ3v) is 4.84. The van der Waals surface area contributed by atoms with Gasteiger partial charge in [0.25, 0.3) is 11.8 Å². The molecule has 0 unspecified atom stereocenters. The van der Waals surface area contributed by atoms with Crippen LogP contribution in [0.5, 0.6) is 0 Å². The predicted octanol–water partition coefficient (Wildman–Crippen LogP) is 4.78. The van der Waals surface area contributed by atoms with E-state index in [0.29, 0.717) is 11.3 Å². The number of nitrogens with one attached hydrogen (secondary N) is 1. The van der Waals surface area contributed by atoms with Gasteiger partial charge in [-0.3, -0.25) is 19.5 Å². The Morgan fingerprint density at radius 3 is 2.06 bits per heavy atom. The highest BCUT2D eigenvalue weighted by Crippen LogP contribution is 2.30. The van der Waals surface area contributed by atoms with E-state index >= 15 is 0 Å². The van der Waals surface area contributed by atoms with Crippen LogP contribution in [0.2, 0.25) is 0 Å². The van der Waals surface area contributed by atoms with Crippen LogP contribution in [0.3, 0.4) is 0 Å². The Morgan fingerprint density at radius 1 is 0.818 bits per heavy atom. The van der Waals surface area contributed by atoms with Crippen LogP contribution in [0.25, 0.3) is 0 Å². The monoisotopic (exact) mass is 444 g/mol. The Balaban J connectivity index is 1.82. The van der Waals surface area contributed by atoms with Crippen LogP contribution < -0.4 is 10.2 Å². The number of hydrogen-bond acceptors (Lipinski definition) is 4. The Kier molecular flexibility index (Phi) is 6.45. The van der Waals surface area contributed by atoms with Gasteiger partial charge in [0.05, 0.1) is 6.20 Å².